The van der Waals surface area contributed by atoms with Gasteiger partial charge in [-0.25, -0.2) is 4.79 Å². The van der Waals surface area contributed by atoms with E-state index in [0.29, 0.717) is 27.5 Å². The van der Waals surface area contributed by atoms with Crippen LogP contribution in [0.1, 0.15) is 22.8 Å². The van der Waals surface area contributed by atoms with Crippen LogP contribution in [-0.4, -0.2) is 31.9 Å². The second-order valence-electron chi connectivity index (χ2n) is 8.59. The van der Waals surface area contributed by atoms with Crippen LogP contribution in [0.3, 0.4) is 0 Å². The van der Waals surface area contributed by atoms with Gasteiger partial charge in [0.15, 0.2) is 12.0 Å². The van der Waals surface area contributed by atoms with E-state index in [2.05, 4.69) is 71.3 Å². The van der Waals surface area contributed by atoms with Crippen molar-refractivity contribution in [2.45, 2.75) is 6.92 Å². The van der Waals surface area contributed by atoms with Crippen LogP contribution in [0.5, 0.6) is 0 Å². The fourth-order valence-electron chi connectivity index (χ4n) is 3.98. The lowest BCUT2D eigenvalue weighted by atomic mass is 10.1. The summed E-state index contributed by atoms with van der Waals surface area (Å²) >= 11 is 6.83. The number of hydrogen-bond donors (Lipinski definition) is 1. The van der Waals surface area contributed by atoms with Crippen LogP contribution in [-0.2, 0) is 14.3 Å². The number of amidine groups is 1. The highest BCUT2D eigenvalue weighted by Crippen LogP contribution is 2.35. The van der Waals surface area contributed by atoms with Crippen molar-refractivity contribution in [1.29, 1.82) is 0 Å². The Labute approximate surface area is 255 Å². The summed E-state index contributed by atoms with van der Waals surface area (Å²) in [6.07, 6.45) is 2.23. The number of nitrogens with one attached hydrogen (secondary N) is 1. The van der Waals surface area contributed by atoms with Crippen LogP contribution in [0.2, 0.25) is 0 Å². The van der Waals surface area contributed by atoms with Crippen LogP contribution in [0, 0.1) is 0 Å². The van der Waals surface area contributed by atoms with Gasteiger partial charge in [-0.2, -0.15) is 4.99 Å². The van der Waals surface area contributed by atoms with E-state index >= 15 is 0 Å². The van der Waals surface area contributed by atoms with Crippen molar-refractivity contribution in [2.75, 3.05) is 18.6 Å². The number of nitrogens with zero attached hydrogens (tertiary/aromatic N) is 2. The van der Waals surface area contributed by atoms with Gasteiger partial charge < -0.3 is 19.7 Å². The summed E-state index contributed by atoms with van der Waals surface area (Å²) < 4.78 is 12.0. The average Bonchev–Trinajstić information content (AvgIpc) is 2.99. The van der Waals surface area contributed by atoms with Crippen molar-refractivity contribution in [3.05, 3.63) is 123 Å². The third kappa shape index (κ3) is 7.71. The van der Waals surface area contributed by atoms with Gasteiger partial charge in [0.05, 0.1) is 18.4 Å². The minimum absolute atomic E-state index is 0.0354. The number of methoxy groups -OCH3 is 1. The number of hydrogen-bond acceptors (Lipinski definition) is 6. The summed E-state index contributed by atoms with van der Waals surface area (Å²) in [6, 6.07) is 31.4. The van der Waals surface area contributed by atoms with Gasteiger partial charge in [0.1, 0.15) is 0 Å². The number of halogens is 2. The molecule has 0 aromatic heterocycles. The molecule has 0 aliphatic carbocycles. The first kappa shape index (κ1) is 29.8. The van der Waals surface area contributed by atoms with Gasteiger partial charge in [0.2, 0.25) is 0 Å². The first-order valence-corrected chi connectivity index (χ1v) is 14.3. The van der Waals surface area contributed by atoms with Crippen LogP contribution in [0.4, 0.5) is 22.7 Å². The number of rotatable bonds is 9. The zero-order valence-corrected chi connectivity index (χ0v) is 25.6. The summed E-state index contributed by atoms with van der Waals surface area (Å²) in [7, 11) is 1.30. The van der Waals surface area contributed by atoms with E-state index in [1.165, 1.54) is 7.11 Å². The molecular weight excluding hydrogens is 650 g/mol. The standard InChI is InChI=1S/C32H27Br2N3O4/c1-3-35-32(36-30-28(31(39)40-2)19-23(33)20-29(30)34)41-27(21-38)18-22-14-16-26(17-15-22)37(24-10-6-4-7-11-24)25-12-8-5-9-13-25/h4-21H,3H2,1-2H3,(H,35,36)/b27-18+. The number of aldehydes is 1. The Bertz CT molecular complexity index is 1520. The molecule has 4 aromatic rings. The minimum atomic E-state index is -0.562. The number of carbonyl (C=O) groups excluding carboxylic acids is 2. The highest BCUT2D eigenvalue weighted by atomic mass is 79.9. The predicted octanol–water partition coefficient (Wildman–Crippen LogP) is 8.32. The molecule has 208 valence electrons. The monoisotopic (exact) mass is 675 g/mol. The Balaban J connectivity index is 1.64. The maximum absolute atomic E-state index is 12.4. The number of carbonyl (C=O) groups is 2. The molecule has 0 heterocycles. The molecule has 4 rings (SSSR count). The maximum Gasteiger partial charge on any atom is 0.340 e. The quantitative estimate of drug-likeness (QED) is 0.0480. The summed E-state index contributed by atoms with van der Waals surface area (Å²) in [5.74, 6) is -0.527. The number of benzene rings is 4. The Hall–Kier alpha value is -4.21. The molecule has 41 heavy (non-hydrogen) atoms. The van der Waals surface area contributed by atoms with Gasteiger partial charge >= 0.3 is 5.97 Å². The second-order valence-corrected chi connectivity index (χ2v) is 10.4. The Morgan fingerprint density at radius 2 is 1.49 bits per heavy atom. The van der Waals surface area contributed by atoms with Crippen LogP contribution < -0.4 is 10.2 Å². The van der Waals surface area contributed by atoms with Crippen LogP contribution in [0.15, 0.2) is 117 Å². The minimum Gasteiger partial charge on any atom is -0.465 e. The molecule has 0 amide bonds. The number of para-hydroxylation sites is 2. The molecule has 0 unspecified atom stereocenters. The van der Waals surface area contributed by atoms with E-state index in [1.54, 1.807) is 18.2 Å². The number of allylic oxidation sites excluding steroid dienone is 1. The lowest BCUT2D eigenvalue weighted by Gasteiger charge is -2.25. The lowest BCUT2D eigenvalue weighted by Crippen LogP contribution is -2.26. The van der Waals surface area contributed by atoms with Crippen LogP contribution in [0.25, 0.3) is 6.08 Å². The molecule has 1 N–H and O–H groups in total. The van der Waals surface area contributed by atoms with Crippen LogP contribution >= 0.6 is 31.9 Å². The zero-order chi connectivity index (χ0) is 29.2. The largest absolute Gasteiger partial charge is 0.465 e. The number of anilines is 3. The van der Waals surface area contributed by atoms with Gasteiger partial charge in [-0.3, -0.25) is 4.79 Å². The molecule has 7 nitrogen and oxygen atoms in total. The molecule has 4 aromatic carbocycles. The van der Waals surface area contributed by atoms with Crippen molar-refractivity contribution < 1.29 is 19.1 Å². The lowest BCUT2D eigenvalue weighted by molar-refractivity contribution is -0.106. The maximum atomic E-state index is 12.4. The third-order valence-electron chi connectivity index (χ3n) is 5.79. The molecule has 0 atom stereocenters. The van der Waals surface area contributed by atoms with Gasteiger partial charge in [-0.05, 0) is 83.0 Å². The van der Waals surface area contributed by atoms with Gasteiger partial charge in [0, 0.05) is 32.6 Å². The van der Waals surface area contributed by atoms with Gasteiger partial charge in [-0.1, -0.05) is 64.5 Å². The summed E-state index contributed by atoms with van der Waals surface area (Å²) in [5.41, 5.74) is 4.28. The fraction of sp³-hybridized carbons (Fsp3) is 0.0938. The highest BCUT2D eigenvalue weighted by Gasteiger charge is 2.18. The first-order valence-electron chi connectivity index (χ1n) is 12.7. The smallest absolute Gasteiger partial charge is 0.340 e. The SMILES string of the molecule is CCN/C(=N\c1c(Br)cc(Br)cc1C(=O)OC)O/C(C=O)=C/c1ccc(N(c2ccccc2)c2ccccc2)cc1. The molecule has 0 saturated carbocycles. The summed E-state index contributed by atoms with van der Waals surface area (Å²) in [6.45, 7) is 2.33. The summed E-state index contributed by atoms with van der Waals surface area (Å²) in [4.78, 5) is 31.0. The zero-order valence-electron chi connectivity index (χ0n) is 22.4. The molecule has 0 bridgehead atoms. The molecule has 0 aliphatic rings. The average molecular weight is 677 g/mol. The third-order valence-corrected chi connectivity index (χ3v) is 6.86. The summed E-state index contributed by atoms with van der Waals surface area (Å²) in [5, 5.41) is 3.00. The number of esters is 1. The van der Waals surface area contributed by atoms with Crippen molar-refractivity contribution in [1.82, 2.24) is 5.32 Å². The Kier molecular flexibility index (Phi) is 10.5. The van der Waals surface area contributed by atoms with E-state index in [-0.39, 0.29) is 17.3 Å². The van der Waals surface area contributed by atoms with E-state index < -0.39 is 5.97 Å². The van der Waals surface area contributed by atoms with E-state index in [1.807, 2.05) is 67.6 Å². The highest BCUT2D eigenvalue weighted by molar-refractivity contribution is 9.11. The van der Waals surface area contributed by atoms with Gasteiger partial charge in [0.25, 0.3) is 6.02 Å². The second kappa shape index (κ2) is 14.4. The number of ether oxygens (including phenoxy) is 2. The first-order chi connectivity index (χ1) is 19.9. The molecule has 0 fully saturated rings. The molecule has 0 aliphatic heterocycles. The molecular formula is C32H27Br2N3O4. The van der Waals surface area contributed by atoms with E-state index in [4.69, 9.17) is 9.47 Å². The van der Waals surface area contributed by atoms with E-state index in [9.17, 15) is 9.59 Å². The Morgan fingerprint density at radius 3 is 2.02 bits per heavy atom. The Morgan fingerprint density at radius 1 is 0.902 bits per heavy atom. The van der Waals surface area contributed by atoms with Crippen molar-refractivity contribution in [2.24, 2.45) is 4.99 Å². The molecule has 0 spiro atoms. The normalized spacial score (nSPS) is 11.5. The van der Waals surface area contributed by atoms with Crippen molar-refractivity contribution in [3.8, 4) is 0 Å². The predicted molar refractivity (Wildman–Crippen MR) is 170 cm³/mol. The van der Waals surface area contributed by atoms with Gasteiger partial charge in [-0.15, -0.1) is 0 Å². The molecule has 0 saturated heterocycles. The molecule has 9 heteroatoms. The number of aliphatic imine (C=N–C) groups is 1. The van der Waals surface area contributed by atoms with E-state index in [0.717, 1.165) is 22.6 Å². The molecule has 0 radical (unpaired) electrons. The fourth-order valence-corrected chi connectivity index (χ4v) is 5.29. The van der Waals surface area contributed by atoms with Crippen molar-refractivity contribution >= 4 is 79.0 Å². The van der Waals surface area contributed by atoms with Crippen molar-refractivity contribution in [3.63, 3.8) is 0 Å². The topological polar surface area (TPSA) is 80.2 Å².